The first-order valence-corrected chi connectivity index (χ1v) is 10.2. The third-order valence-electron chi connectivity index (χ3n) is 4.68. The highest BCUT2D eigenvalue weighted by atomic mass is 35.5. The van der Waals surface area contributed by atoms with Crippen molar-refractivity contribution < 1.29 is 35.8 Å². The minimum atomic E-state index is -4.58. The molecule has 0 spiro atoms. The smallest absolute Gasteiger partial charge is 0.417 e. The predicted molar refractivity (Wildman–Crippen MR) is 116 cm³/mol. The molecule has 4 aromatic rings. The lowest BCUT2D eigenvalue weighted by Crippen LogP contribution is -2.05. The Morgan fingerprint density at radius 2 is 1.34 bits per heavy atom. The zero-order valence-electron chi connectivity index (χ0n) is 17.4. The Bertz CT molecular complexity index is 1320. The molecule has 0 saturated heterocycles. The van der Waals surface area contributed by atoms with Crippen molar-refractivity contribution >= 4 is 11.6 Å². The number of pyridine rings is 2. The third-order valence-corrected chi connectivity index (χ3v) is 4.95. The van der Waals surface area contributed by atoms with Gasteiger partial charge < -0.3 is 9.47 Å². The van der Waals surface area contributed by atoms with E-state index in [9.17, 15) is 26.3 Å². The molecule has 0 radical (unpaired) electrons. The molecule has 0 unspecified atom stereocenters. The van der Waals surface area contributed by atoms with E-state index in [-0.39, 0.29) is 22.5 Å². The van der Waals surface area contributed by atoms with Gasteiger partial charge >= 0.3 is 12.4 Å². The molecule has 11 heteroatoms. The van der Waals surface area contributed by atoms with Crippen LogP contribution in [-0.2, 0) is 12.4 Å². The molecule has 2 heterocycles. The number of aromatic nitrogens is 2. The lowest BCUT2D eigenvalue weighted by atomic mass is 10.0. The van der Waals surface area contributed by atoms with Gasteiger partial charge in [-0.3, -0.25) is 0 Å². The van der Waals surface area contributed by atoms with Crippen LogP contribution in [0.5, 0.6) is 23.3 Å². The van der Waals surface area contributed by atoms with Crippen LogP contribution in [0.25, 0.3) is 11.1 Å². The van der Waals surface area contributed by atoms with E-state index in [4.69, 9.17) is 21.1 Å². The van der Waals surface area contributed by atoms with E-state index in [0.29, 0.717) is 29.3 Å². The topological polar surface area (TPSA) is 44.2 Å². The molecule has 35 heavy (non-hydrogen) atoms. The van der Waals surface area contributed by atoms with Crippen LogP contribution >= 0.6 is 11.6 Å². The summed E-state index contributed by atoms with van der Waals surface area (Å²) in [6.45, 7) is 0. The van der Waals surface area contributed by atoms with Gasteiger partial charge in [0.15, 0.2) is 0 Å². The molecule has 0 atom stereocenters. The Hall–Kier alpha value is -3.79. The number of benzene rings is 2. The normalized spacial score (nSPS) is 11.9. The monoisotopic (exact) mass is 510 g/mol. The zero-order chi connectivity index (χ0) is 25.2. The molecule has 0 N–H and O–H groups in total. The van der Waals surface area contributed by atoms with Gasteiger partial charge in [-0.2, -0.15) is 26.3 Å². The number of halogens is 7. The average molecular weight is 511 g/mol. The summed E-state index contributed by atoms with van der Waals surface area (Å²) in [4.78, 5) is 7.34. The summed E-state index contributed by atoms with van der Waals surface area (Å²) in [5.41, 5.74) is -0.599. The second-order valence-corrected chi connectivity index (χ2v) is 7.52. The van der Waals surface area contributed by atoms with Crippen molar-refractivity contribution in [3.63, 3.8) is 0 Å². The first-order chi connectivity index (χ1) is 16.5. The fraction of sp³-hybridized carbons (Fsp3) is 0.0833. The molecule has 180 valence electrons. The number of hydrogen-bond acceptors (Lipinski definition) is 4. The summed E-state index contributed by atoms with van der Waals surface area (Å²) < 4.78 is 87.7. The van der Waals surface area contributed by atoms with E-state index in [1.165, 1.54) is 0 Å². The van der Waals surface area contributed by atoms with Gasteiger partial charge in [0.1, 0.15) is 16.5 Å². The van der Waals surface area contributed by atoms with Crippen LogP contribution in [0.15, 0.2) is 79.1 Å². The molecule has 0 saturated carbocycles. The largest absolute Gasteiger partial charge is 0.438 e. The second-order valence-electron chi connectivity index (χ2n) is 7.12. The minimum Gasteiger partial charge on any atom is -0.438 e. The zero-order valence-corrected chi connectivity index (χ0v) is 18.1. The summed E-state index contributed by atoms with van der Waals surface area (Å²) in [6.07, 6.45) is -7.78. The molecule has 2 aromatic carbocycles. The highest BCUT2D eigenvalue weighted by Crippen LogP contribution is 2.37. The van der Waals surface area contributed by atoms with Gasteiger partial charge in [0.05, 0.1) is 11.1 Å². The lowest BCUT2D eigenvalue weighted by molar-refractivity contribution is -0.138. The molecule has 0 amide bonds. The van der Waals surface area contributed by atoms with E-state index in [1.54, 1.807) is 48.5 Å². The molecular formula is C24H13ClF6N2O2. The first kappa shape index (κ1) is 24.3. The van der Waals surface area contributed by atoms with Crippen molar-refractivity contribution in [1.29, 1.82) is 0 Å². The molecule has 0 aliphatic carbocycles. The summed E-state index contributed by atoms with van der Waals surface area (Å²) in [5.74, 6) is 0.407. The van der Waals surface area contributed by atoms with Gasteiger partial charge in [0.2, 0.25) is 11.8 Å². The van der Waals surface area contributed by atoms with Crippen LogP contribution in [0.3, 0.4) is 0 Å². The van der Waals surface area contributed by atoms with Crippen LogP contribution in [-0.4, -0.2) is 9.97 Å². The van der Waals surface area contributed by atoms with Crippen LogP contribution < -0.4 is 9.47 Å². The SMILES string of the molecule is FC(F)(F)c1ccc(Oc2ccccc2-c2ccc(Oc3ncc(C(F)(F)F)cc3Cl)cc2)nc1. The number of alkyl halides is 6. The van der Waals surface area contributed by atoms with Crippen molar-refractivity contribution in [3.8, 4) is 34.4 Å². The number of ether oxygens (including phenoxy) is 2. The van der Waals surface area contributed by atoms with Crippen LogP contribution in [0.1, 0.15) is 11.1 Å². The van der Waals surface area contributed by atoms with Gasteiger partial charge in [0, 0.05) is 24.0 Å². The second kappa shape index (κ2) is 9.46. The van der Waals surface area contributed by atoms with Crippen molar-refractivity contribution in [3.05, 3.63) is 95.3 Å². The maximum Gasteiger partial charge on any atom is 0.417 e. The maximum atomic E-state index is 12.8. The molecular weight excluding hydrogens is 498 g/mol. The Labute approximate surface area is 199 Å². The van der Waals surface area contributed by atoms with Gasteiger partial charge in [0.25, 0.3) is 0 Å². The van der Waals surface area contributed by atoms with Gasteiger partial charge in [-0.15, -0.1) is 0 Å². The van der Waals surface area contributed by atoms with Crippen LogP contribution in [0, 0.1) is 0 Å². The average Bonchev–Trinajstić information content (AvgIpc) is 2.80. The van der Waals surface area contributed by atoms with E-state index >= 15 is 0 Å². The third kappa shape index (κ3) is 5.83. The predicted octanol–water partition coefficient (Wildman–Crippen LogP) is 8.42. The quantitative estimate of drug-likeness (QED) is 0.253. The van der Waals surface area contributed by atoms with E-state index in [2.05, 4.69) is 9.97 Å². The van der Waals surface area contributed by atoms with E-state index in [1.807, 2.05) is 0 Å². The summed E-state index contributed by atoms with van der Waals surface area (Å²) in [5, 5.41) is -0.299. The lowest BCUT2D eigenvalue weighted by Gasteiger charge is -2.13. The van der Waals surface area contributed by atoms with E-state index in [0.717, 1.165) is 18.2 Å². The van der Waals surface area contributed by atoms with Crippen LogP contribution in [0.4, 0.5) is 26.3 Å². The highest BCUT2D eigenvalue weighted by Gasteiger charge is 2.32. The highest BCUT2D eigenvalue weighted by molar-refractivity contribution is 6.31. The molecule has 0 aliphatic rings. The van der Waals surface area contributed by atoms with Crippen molar-refractivity contribution in [2.24, 2.45) is 0 Å². The standard InChI is InChI=1S/C24H13ClF6N2O2/c25-19-11-16(24(29,30)31)13-33-22(19)34-17-8-5-14(6-9-17)18-3-1-2-4-20(18)35-21-10-7-15(12-32-21)23(26,27)28/h1-13H. The number of para-hydroxylation sites is 1. The maximum absolute atomic E-state index is 12.8. The summed E-state index contributed by atoms with van der Waals surface area (Å²) in [6, 6.07) is 16.0. The van der Waals surface area contributed by atoms with Crippen molar-refractivity contribution in [1.82, 2.24) is 9.97 Å². The van der Waals surface area contributed by atoms with Crippen molar-refractivity contribution in [2.75, 3.05) is 0 Å². The first-order valence-electron chi connectivity index (χ1n) is 9.82. The number of rotatable bonds is 5. The Kier molecular flexibility index (Phi) is 6.58. The molecule has 0 aliphatic heterocycles. The molecule has 0 fully saturated rings. The van der Waals surface area contributed by atoms with Gasteiger partial charge in [-0.1, -0.05) is 41.9 Å². The Morgan fingerprint density at radius 1 is 0.686 bits per heavy atom. The summed E-state index contributed by atoms with van der Waals surface area (Å²) in [7, 11) is 0. The molecule has 2 aromatic heterocycles. The van der Waals surface area contributed by atoms with E-state index < -0.39 is 23.5 Å². The number of nitrogens with zero attached hydrogens (tertiary/aromatic N) is 2. The Morgan fingerprint density at radius 3 is 1.94 bits per heavy atom. The summed E-state index contributed by atoms with van der Waals surface area (Å²) >= 11 is 5.87. The fourth-order valence-electron chi connectivity index (χ4n) is 2.98. The Balaban J connectivity index is 1.52. The number of hydrogen-bond donors (Lipinski definition) is 0. The van der Waals surface area contributed by atoms with Crippen molar-refractivity contribution in [2.45, 2.75) is 12.4 Å². The van der Waals surface area contributed by atoms with Gasteiger partial charge in [-0.25, -0.2) is 9.97 Å². The molecule has 0 bridgehead atoms. The fourth-order valence-corrected chi connectivity index (χ4v) is 3.19. The molecule has 4 rings (SSSR count). The van der Waals surface area contributed by atoms with Crippen LogP contribution in [0.2, 0.25) is 5.02 Å². The molecule has 4 nitrogen and oxygen atoms in total. The minimum absolute atomic E-state index is 0.0200. The van der Waals surface area contributed by atoms with Gasteiger partial charge in [-0.05, 0) is 35.9 Å².